The zero-order valence-corrected chi connectivity index (χ0v) is 19.6. The van der Waals surface area contributed by atoms with Crippen molar-refractivity contribution in [2.75, 3.05) is 33.2 Å². The van der Waals surface area contributed by atoms with Gasteiger partial charge < -0.3 is 15.3 Å². The Morgan fingerprint density at radius 2 is 1.85 bits per heavy atom. The summed E-state index contributed by atoms with van der Waals surface area (Å²) in [6.07, 6.45) is -0.739. The topological polar surface area (TPSA) is 90.0 Å². The molecule has 0 bridgehead atoms. The quantitative estimate of drug-likeness (QED) is 0.682. The highest BCUT2D eigenvalue weighted by molar-refractivity contribution is 7.09. The van der Waals surface area contributed by atoms with Gasteiger partial charge in [-0.2, -0.15) is 13.2 Å². The molecule has 2 aliphatic heterocycles. The smallest absolute Gasteiger partial charge is 0.475 e. The van der Waals surface area contributed by atoms with Crippen molar-refractivity contribution in [1.82, 2.24) is 15.1 Å². The van der Waals surface area contributed by atoms with Crippen LogP contribution in [0.2, 0.25) is 0 Å². The first kappa shape index (κ1) is 25.5. The molecule has 4 rings (SSSR count). The van der Waals surface area contributed by atoms with Gasteiger partial charge >= 0.3 is 12.1 Å². The number of hydrogen-bond donors (Lipinski definition) is 2. The van der Waals surface area contributed by atoms with Crippen LogP contribution in [-0.4, -0.2) is 72.1 Å². The number of nitrogens with one attached hydrogen (secondary N) is 1. The van der Waals surface area contributed by atoms with E-state index in [4.69, 9.17) is 9.90 Å². The molecule has 1 aromatic heterocycles. The second-order valence-electron chi connectivity index (χ2n) is 9.21. The van der Waals surface area contributed by atoms with Crippen molar-refractivity contribution in [3.63, 3.8) is 0 Å². The molecule has 1 spiro atoms. The van der Waals surface area contributed by atoms with E-state index in [-0.39, 0.29) is 22.6 Å². The Labute approximate surface area is 194 Å². The van der Waals surface area contributed by atoms with E-state index in [1.165, 1.54) is 4.88 Å². The Hall–Kier alpha value is -2.14. The van der Waals surface area contributed by atoms with Gasteiger partial charge in [0.05, 0.1) is 5.41 Å². The Bertz CT molecular complexity index is 869. The highest BCUT2D eigenvalue weighted by Crippen LogP contribution is 2.62. The monoisotopic (exact) mass is 489 g/mol. The average molecular weight is 490 g/mol. The van der Waals surface area contributed by atoms with E-state index in [1.807, 2.05) is 16.2 Å². The van der Waals surface area contributed by atoms with Crippen LogP contribution in [0.1, 0.15) is 37.5 Å². The maximum absolute atomic E-state index is 12.8. The number of carbonyl (C=O) groups is 3. The highest BCUT2D eigenvalue weighted by atomic mass is 32.1. The zero-order valence-electron chi connectivity index (χ0n) is 18.8. The molecule has 1 aliphatic carbocycles. The van der Waals surface area contributed by atoms with Gasteiger partial charge in [-0.25, -0.2) is 4.79 Å². The molecule has 3 heterocycles. The first-order valence-corrected chi connectivity index (χ1v) is 11.8. The van der Waals surface area contributed by atoms with Crippen LogP contribution >= 0.6 is 11.3 Å². The largest absolute Gasteiger partial charge is 0.490 e. The lowest BCUT2D eigenvalue weighted by Crippen LogP contribution is -2.48. The van der Waals surface area contributed by atoms with E-state index in [2.05, 4.69) is 27.7 Å². The molecule has 33 heavy (non-hydrogen) atoms. The summed E-state index contributed by atoms with van der Waals surface area (Å²) < 4.78 is 31.7. The number of amides is 2. The average Bonchev–Trinajstić information content (AvgIpc) is 3.46. The zero-order chi connectivity index (χ0) is 24.4. The number of carboxylic acid groups (broad SMARTS) is 1. The lowest BCUT2D eigenvalue weighted by molar-refractivity contribution is -0.192. The minimum absolute atomic E-state index is 0.105. The summed E-state index contributed by atoms with van der Waals surface area (Å²) in [5.41, 5.74) is -0.140. The van der Waals surface area contributed by atoms with Gasteiger partial charge in [0.25, 0.3) is 0 Å². The van der Waals surface area contributed by atoms with Crippen LogP contribution in [0, 0.1) is 16.7 Å². The molecule has 2 amide bonds. The van der Waals surface area contributed by atoms with Crippen LogP contribution in [-0.2, 0) is 20.9 Å². The van der Waals surface area contributed by atoms with E-state index < -0.39 is 12.1 Å². The van der Waals surface area contributed by atoms with Crippen LogP contribution < -0.4 is 5.32 Å². The van der Waals surface area contributed by atoms with Crippen LogP contribution in [0.15, 0.2) is 17.5 Å². The summed E-state index contributed by atoms with van der Waals surface area (Å²) >= 11 is 1.83. The van der Waals surface area contributed by atoms with E-state index in [1.54, 1.807) is 14.0 Å². The second kappa shape index (κ2) is 9.61. The van der Waals surface area contributed by atoms with E-state index in [9.17, 15) is 22.8 Å². The molecule has 2 N–H and O–H groups in total. The molecule has 2 saturated heterocycles. The molecule has 11 heteroatoms. The number of halogens is 3. The van der Waals surface area contributed by atoms with E-state index in [0.29, 0.717) is 12.5 Å². The van der Waals surface area contributed by atoms with Crippen LogP contribution in [0.4, 0.5) is 13.2 Å². The number of hydrogen-bond acceptors (Lipinski definition) is 5. The van der Waals surface area contributed by atoms with Crippen molar-refractivity contribution in [1.29, 1.82) is 0 Å². The SMILES string of the molecule is CNC(=O)[C@@]12CCC3(CCN(Cc4cccs4)CC3)[C@@H]1CN(C(C)=O)C2.O=C(O)C(F)(F)F. The second-order valence-corrected chi connectivity index (χ2v) is 10.2. The van der Waals surface area contributed by atoms with Gasteiger partial charge in [0, 0.05) is 38.5 Å². The molecule has 184 valence electrons. The van der Waals surface area contributed by atoms with Gasteiger partial charge in [-0.3, -0.25) is 14.5 Å². The van der Waals surface area contributed by atoms with Gasteiger partial charge in [-0.15, -0.1) is 11.3 Å². The van der Waals surface area contributed by atoms with Crippen molar-refractivity contribution in [2.24, 2.45) is 16.7 Å². The molecule has 7 nitrogen and oxygen atoms in total. The summed E-state index contributed by atoms with van der Waals surface area (Å²) in [5.74, 6) is -2.20. The first-order chi connectivity index (χ1) is 15.4. The van der Waals surface area contributed by atoms with Gasteiger partial charge in [-0.05, 0) is 61.6 Å². The molecule has 1 aromatic rings. The fourth-order valence-electron chi connectivity index (χ4n) is 5.80. The lowest BCUT2D eigenvalue weighted by atomic mass is 9.65. The Morgan fingerprint density at radius 1 is 1.21 bits per heavy atom. The van der Waals surface area contributed by atoms with E-state index in [0.717, 1.165) is 51.9 Å². The third-order valence-corrected chi connectivity index (χ3v) is 8.39. The molecule has 3 fully saturated rings. The molecule has 0 aromatic carbocycles. The van der Waals surface area contributed by atoms with E-state index >= 15 is 0 Å². The molecule has 0 unspecified atom stereocenters. The molecule has 1 saturated carbocycles. The number of carboxylic acids is 1. The number of thiophene rings is 1. The maximum Gasteiger partial charge on any atom is 0.490 e. The minimum Gasteiger partial charge on any atom is -0.475 e. The van der Waals surface area contributed by atoms with Crippen LogP contribution in [0.25, 0.3) is 0 Å². The number of likely N-dealkylation sites (tertiary alicyclic amines) is 2. The highest BCUT2D eigenvalue weighted by Gasteiger charge is 2.64. The normalized spacial score (nSPS) is 26.5. The van der Waals surface area contributed by atoms with Crippen LogP contribution in [0.3, 0.4) is 0 Å². The van der Waals surface area contributed by atoms with Crippen molar-refractivity contribution in [3.8, 4) is 0 Å². The third kappa shape index (κ3) is 5.18. The summed E-state index contributed by atoms with van der Waals surface area (Å²) in [7, 11) is 1.74. The van der Waals surface area contributed by atoms with Gasteiger partial charge in [0.15, 0.2) is 0 Å². The molecule has 2 atom stereocenters. The van der Waals surface area contributed by atoms with Crippen molar-refractivity contribution < 1.29 is 32.7 Å². The third-order valence-electron chi connectivity index (χ3n) is 7.53. The Morgan fingerprint density at radius 3 is 2.33 bits per heavy atom. The molecular weight excluding hydrogens is 459 g/mol. The molecule has 0 radical (unpaired) electrons. The Balaban J connectivity index is 0.000000383. The predicted octanol–water partition coefficient (Wildman–Crippen LogP) is 2.97. The van der Waals surface area contributed by atoms with Gasteiger partial charge in [0.2, 0.25) is 11.8 Å². The van der Waals surface area contributed by atoms with Crippen LogP contribution in [0.5, 0.6) is 0 Å². The minimum atomic E-state index is -5.08. The number of nitrogens with zero attached hydrogens (tertiary/aromatic N) is 2. The van der Waals surface area contributed by atoms with Gasteiger partial charge in [-0.1, -0.05) is 6.07 Å². The summed E-state index contributed by atoms with van der Waals surface area (Å²) in [6.45, 7) is 6.23. The van der Waals surface area contributed by atoms with Crippen molar-refractivity contribution in [3.05, 3.63) is 22.4 Å². The number of aliphatic carboxylic acids is 1. The van der Waals surface area contributed by atoms with Gasteiger partial charge in [0.1, 0.15) is 0 Å². The number of rotatable bonds is 3. The standard InChI is InChI=1S/C20H29N3O2S.C2HF3O2/c1-15(24)23-13-17-19(5-6-20(17,14-23)18(25)21-2)7-9-22(10-8-19)12-16-4-3-11-26-16;3-2(4,5)1(6)7/h3-4,11,17H,5-10,12-14H2,1-2H3,(H,21,25);(H,6,7)/t17-,20+;/m0./s1. The summed E-state index contributed by atoms with van der Waals surface area (Å²) in [6, 6.07) is 4.33. The predicted molar refractivity (Wildman–Crippen MR) is 116 cm³/mol. The van der Waals surface area contributed by atoms with Crippen molar-refractivity contribution >= 4 is 29.1 Å². The number of alkyl halides is 3. The lowest BCUT2D eigenvalue weighted by Gasteiger charge is -2.44. The first-order valence-electron chi connectivity index (χ1n) is 11.0. The molecular formula is C22H30F3N3O4S. The Kier molecular flexibility index (Phi) is 7.42. The maximum atomic E-state index is 12.8. The number of piperidine rings is 1. The number of fused-ring (bicyclic) bond motifs is 2. The summed E-state index contributed by atoms with van der Waals surface area (Å²) in [4.78, 5) is 39.6. The summed E-state index contributed by atoms with van der Waals surface area (Å²) in [5, 5.41) is 12.2. The fraction of sp³-hybridized carbons (Fsp3) is 0.682. The number of carbonyl (C=O) groups excluding carboxylic acids is 2. The fourth-order valence-corrected chi connectivity index (χ4v) is 6.55. The van der Waals surface area contributed by atoms with Crippen molar-refractivity contribution in [2.45, 2.75) is 45.3 Å². The molecule has 3 aliphatic rings.